The van der Waals surface area contributed by atoms with Crippen LogP contribution in [0.25, 0.3) is 0 Å². The number of rotatable bonds is 6. The van der Waals surface area contributed by atoms with Crippen LogP contribution in [-0.4, -0.2) is 31.1 Å². The molecule has 1 saturated heterocycles. The Labute approximate surface area is 133 Å². The van der Waals surface area contributed by atoms with Crippen LogP contribution in [0.5, 0.6) is 0 Å². The van der Waals surface area contributed by atoms with Crippen LogP contribution in [0, 0.1) is 0 Å². The molecule has 2 rings (SSSR count). The Morgan fingerprint density at radius 2 is 1.68 bits per heavy atom. The molecule has 5 heteroatoms. The summed E-state index contributed by atoms with van der Waals surface area (Å²) >= 11 is 0. The molecular formula is C17H25NO3Si. The van der Waals surface area contributed by atoms with E-state index in [1.54, 1.807) is 0 Å². The van der Waals surface area contributed by atoms with Crippen LogP contribution in [0.15, 0.2) is 30.3 Å². The first-order chi connectivity index (χ1) is 10.5. The lowest BCUT2D eigenvalue weighted by Gasteiger charge is -2.48. The Hall–Kier alpha value is -1.46. The summed E-state index contributed by atoms with van der Waals surface area (Å²) < 4.78 is 6.38. The number of likely N-dealkylation sites (tertiary alicyclic amines) is 1. The van der Waals surface area contributed by atoms with E-state index in [2.05, 4.69) is 20.8 Å². The topological polar surface area (TPSA) is 46.6 Å². The molecule has 1 aliphatic rings. The van der Waals surface area contributed by atoms with Crippen molar-refractivity contribution >= 4 is 20.1 Å². The van der Waals surface area contributed by atoms with Crippen LogP contribution in [-0.2, 0) is 14.0 Å². The largest absolute Gasteiger partial charge is 0.403 e. The number of β-lactam (4-membered cyclic amide) rings is 1. The Kier molecular flexibility index (Phi) is 5.18. The monoisotopic (exact) mass is 319 g/mol. The minimum Gasteiger partial charge on any atom is -0.403 e. The molecule has 4 nitrogen and oxygen atoms in total. The second kappa shape index (κ2) is 6.75. The van der Waals surface area contributed by atoms with Gasteiger partial charge in [0.15, 0.2) is 14.4 Å². The molecule has 120 valence electrons. The van der Waals surface area contributed by atoms with Crippen molar-refractivity contribution < 1.29 is 14.0 Å². The molecule has 0 N–H and O–H groups in total. The van der Waals surface area contributed by atoms with Crippen LogP contribution in [0.1, 0.15) is 39.3 Å². The zero-order chi connectivity index (χ0) is 16.3. The highest BCUT2D eigenvalue weighted by molar-refractivity contribution is 6.73. The maximum absolute atomic E-state index is 12.4. The van der Waals surface area contributed by atoms with Crippen molar-refractivity contribution in [2.45, 2.75) is 58.0 Å². The van der Waals surface area contributed by atoms with Gasteiger partial charge in [-0.2, -0.15) is 0 Å². The number of nitrogens with zero attached hydrogens (tertiary/aromatic N) is 1. The van der Waals surface area contributed by atoms with Gasteiger partial charge in [-0.25, -0.2) is 0 Å². The molecule has 0 saturated carbocycles. The van der Waals surface area contributed by atoms with E-state index >= 15 is 0 Å². The van der Waals surface area contributed by atoms with Crippen LogP contribution in [0.2, 0.25) is 18.1 Å². The average molecular weight is 319 g/mol. The molecular weight excluding hydrogens is 294 g/mol. The van der Waals surface area contributed by atoms with E-state index in [9.17, 15) is 9.59 Å². The van der Waals surface area contributed by atoms with Gasteiger partial charge in [0, 0.05) is 6.92 Å². The maximum Gasteiger partial charge on any atom is 0.260 e. The third-order valence-corrected chi connectivity index (χ3v) is 9.46. The predicted molar refractivity (Wildman–Crippen MR) is 88.8 cm³/mol. The van der Waals surface area contributed by atoms with Crippen molar-refractivity contribution in [2.75, 3.05) is 0 Å². The van der Waals surface area contributed by atoms with E-state index in [1.807, 2.05) is 30.3 Å². The van der Waals surface area contributed by atoms with Gasteiger partial charge in [0.05, 0.1) is 6.04 Å². The number of hydrogen-bond acceptors (Lipinski definition) is 3. The average Bonchev–Trinajstić information content (AvgIpc) is 2.54. The maximum atomic E-state index is 12.4. The van der Waals surface area contributed by atoms with Crippen LogP contribution in [0.3, 0.4) is 0 Å². The van der Waals surface area contributed by atoms with Gasteiger partial charge in [-0.3, -0.25) is 14.5 Å². The predicted octanol–water partition coefficient (Wildman–Crippen LogP) is 3.51. The molecule has 0 unspecified atom stereocenters. The van der Waals surface area contributed by atoms with E-state index in [0.717, 1.165) is 23.7 Å². The van der Waals surface area contributed by atoms with Crippen molar-refractivity contribution in [2.24, 2.45) is 0 Å². The van der Waals surface area contributed by atoms with Crippen molar-refractivity contribution in [1.82, 2.24) is 4.90 Å². The molecule has 2 amide bonds. The number of carbonyl (C=O) groups excluding carboxylic acids is 2. The standard InChI is InChI=1S/C17H25NO3Si/c1-5-22(6-2,7-3)21-16-15(14-11-9-8-10-12-14)18(13(4)19)17(16)20/h8-12,15-16H,5-7H2,1-4H3/t15-,16+/m0/s1. The molecule has 0 radical (unpaired) electrons. The molecule has 1 aromatic carbocycles. The van der Waals surface area contributed by atoms with Gasteiger partial charge in [0.25, 0.3) is 5.91 Å². The third-order valence-electron chi connectivity index (χ3n) is 4.84. The molecule has 1 aliphatic heterocycles. The zero-order valence-electron chi connectivity index (χ0n) is 13.8. The number of amides is 2. The minimum atomic E-state index is -1.89. The van der Waals surface area contributed by atoms with Crippen LogP contribution in [0.4, 0.5) is 0 Å². The summed E-state index contributed by atoms with van der Waals surface area (Å²) in [4.78, 5) is 25.5. The number of hydrogen-bond donors (Lipinski definition) is 0. The SMILES string of the molecule is CC[Si](CC)(CC)O[C@H]1C(=O)N(C(C)=O)[C@H]1c1ccccc1. The summed E-state index contributed by atoms with van der Waals surface area (Å²) in [5.41, 5.74) is 0.966. The van der Waals surface area contributed by atoms with E-state index in [4.69, 9.17) is 4.43 Å². The van der Waals surface area contributed by atoms with Crippen molar-refractivity contribution in [3.63, 3.8) is 0 Å². The van der Waals surface area contributed by atoms with Gasteiger partial charge in [0.1, 0.15) is 0 Å². The van der Waals surface area contributed by atoms with Crippen LogP contribution < -0.4 is 0 Å². The summed E-state index contributed by atoms with van der Waals surface area (Å²) in [7, 11) is -1.89. The first-order valence-corrected chi connectivity index (χ1v) is 10.6. The molecule has 0 bridgehead atoms. The van der Waals surface area contributed by atoms with E-state index in [1.165, 1.54) is 11.8 Å². The second-order valence-electron chi connectivity index (χ2n) is 5.86. The Morgan fingerprint density at radius 3 is 2.14 bits per heavy atom. The Morgan fingerprint density at radius 1 is 1.14 bits per heavy atom. The number of imide groups is 1. The van der Waals surface area contributed by atoms with Crippen LogP contribution >= 0.6 is 0 Å². The molecule has 1 heterocycles. The lowest BCUT2D eigenvalue weighted by molar-refractivity contribution is -0.172. The lowest BCUT2D eigenvalue weighted by Crippen LogP contribution is -2.64. The fourth-order valence-electron chi connectivity index (χ4n) is 3.17. The van der Waals surface area contributed by atoms with Crippen molar-refractivity contribution in [3.8, 4) is 0 Å². The van der Waals surface area contributed by atoms with Gasteiger partial charge in [-0.15, -0.1) is 0 Å². The Bertz CT molecular complexity index is 534. The quantitative estimate of drug-likeness (QED) is 0.595. The van der Waals surface area contributed by atoms with Gasteiger partial charge >= 0.3 is 0 Å². The molecule has 0 aliphatic carbocycles. The lowest BCUT2D eigenvalue weighted by atomic mass is 9.91. The zero-order valence-corrected chi connectivity index (χ0v) is 14.8. The minimum absolute atomic E-state index is 0.187. The van der Waals surface area contributed by atoms with Gasteiger partial charge in [0.2, 0.25) is 5.91 Å². The molecule has 2 atom stereocenters. The fourth-order valence-corrected chi connectivity index (χ4v) is 5.94. The highest BCUT2D eigenvalue weighted by Gasteiger charge is 2.53. The van der Waals surface area contributed by atoms with Crippen molar-refractivity contribution in [3.05, 3.63) is 35.9 Å². The van der Waals surface area contributed by atoms with Gasteiger partial charge in [-0.05, 0) is 23.7 Å². The normalized spacial score (nSPS) is 21.6. The van der Waals surface area contributed by atoms with E-state index < -0.39 is 14.4 Å². The highest BCUT2D eigenvalue weighted by atomic mass is 28.4. The summed E-state index contributed by atoms with van der Waals surface area (Å²) in [5.74, 6) is -0.399. The fraction of sp³-hybridized carbons (Fsp3) is 0.529. The van der Waals surface area contributed by atoms with Gasteiger partial charge in [-0.1, -0.05) is 51.1 Å². The number of carbonyl (C=O) groups is 2. The summed E-state index contributed by atoms with van der Waals surface area (Å²) in [6, 6.07) is 12.4. The molecule has 0 spiro atoms. The third kappa shape index (κ3) is 2.87. The molecule has 22 heavy (non-hydrogen) atoms. The van der Waals surface area contributed by atoms with E-state index in [0.29, 0.717) is 0 Å². The summed E-state index contributed by atoms with van der Waals surface area (Å²) in [6.45, 7) is 7.86. The molecule has 1 fully saturated rings. The number of benzene rings is 1. The highest BCUT2D eigenvalue weighted by Crippen LogP contribution is 2.40. The molecule has 1 aromatic rings. The smallest absolute Gasteiger partial charge is 0.260 e. The molecule has 0 aromatic heterocycles. The Balaban J connectivity index is 2.30. The van der Waals surface area contributed by atoms with Gasteiger partial charge < -0.3 is 4.43 Å². The summed E-state index contributed by atoms with van der Waals surface area (Å²) in [5, 5.41) is 0. The van der Waals surface area contributed by atoms with E-state index in [-0.39, 0.29) is 17.9 Å². The van der Waals surface area contributed by atoms with Crippen molar-refractivity contribution in [1.29, 1.82) is 0 Å². The second-order valence-corrected chi connectivity index (χ2v) is 10.6. The summed E-state index contributed by atoms with van der Waals surface area (Å²) in [6.07, 6.45) is -0.502. The first kappa shape index (κ1) is 16.9. The first-order valence-electron chi connectivity index (χ1n) is 8.06.